The van der Waals surface area contributed by atoms with E-state index in [-0.39, 0.29) is 13.1 Å². The van der Waals surface area contributed by atoms with Gasteiger partial charge >= 0.3 is 5.97 Å². The van der Waals surface area contributed by atoms with Crippen molar-refractivity contribution in [3.05, 3.63) is 35.4 Å². The molecular weight excluding hydrogens is 296 g/mol. The standard InChI is InChI=1S/C13H13F2N5O2/c1-19-13(16-17-18-19)20-5-10(11(6-20)12(21)22)7-2-8(14)4-9(15)3-7/h2-4,10-11H,5-6H2,1H3,(H,21,22)/t10-,11+/m1/s1. The normalized spacial score (nSPS) is 21.3. The number of aromatic nitrogens is 4. The number of hydrogen-bond donors (Lipinski definition) is 1. The van der Waals surface area contributed by atoms with Gasteiger partial charge in [-0.1, -0.05) is 5.10 Å². The van der Waals surface area contributed by atoms with Gasteiger partial charge in [-0.2, -0.15) is 0 Å². The van der Waals surface area contributed by atoms with Crippen LogP contribution in [0.1, 0.15) is 11.5 Å². The van der Waals surface area contributed by atoms with E-state index in [1.165, 1.54) is 16.8 Å². The fourth-order valence-electron chi connectivity index (χ4n) is 2.84. The van der Waals surface area contributed by atoms with Gasteiger partial charge in [0.25, 0.3) is 0 Å². The summed E-state index contributed by atoms with van der Waals surface area (Å²) in [7, 11) is 1.64. The van der Waals surface area contributed by atoms with Gasteiger partial charge in [-0.25, -0.2) is 13.5 Å². The molecule has 116 valence electrons. The Morgan fingerprint density at radius 2 is 1.95 bits per heavy atom. The lowest BCUT2D eigenvalue weighted by Gasteiger charge is -2.16. The maximum absolute atomic E-state index is 13.4. The molecule has 1 aromatic heterocycles. The summed E-state index contributed by atoms with van der Waals surface area (Å²) >= 11 is 0. The molecule has 0 bridgehead atoms. The van der Waals surface area contributed by atoms with Gasteiger partial charge in [0.15, 0.2) is 0 Å². The average molecular weight is 309 g/mol. The number of carbonyl (C=O) groups is 1. The van der Waals surface area contributed by atoms with E-state index >= 15 is 0 Å². The van der Waals surface area contributed by atoms with Crippen LogP contribution in [-0.4, -0.2) is 44.4 Å². The minimum absolute atomic E-state index is 0.173. The molecule has 1 saturated heterocycles. The van der Waals surface area contributed by atoms with Gasteiger partial charge in [0.1, 0.15) is 11.6 Å². The minimum Gasteiger partial charge on any atom is -0.481 e. The third-order valence-electron chi connectivity index (χ3n) is 3.83. The summed E-state index contributed by atoms with van der Waals surface area (Å²) in [5.41, 5.74) is 0.322. The van der Waals surface area contributed by atoms with Gasteiger partial charge < -0.3 is 10.0 Å². The van der Waals surface area contributed by atoms with Crippen molar-refractivity contribution in [2.24, 2.45) is 13.0 Å². The smallest absolute Gasteiger partial charge is 0.308 e. The van der Waals surface area contributed by atoms with Crippen LogP contribution in [0.25, 0.3) is 0 Å². The Kier molecular flexibility index (Phi) is 3.47. The van der Waals surface area contributed by atoms with Crippen LogP contribution in [0.4, 0.5) is 14.7 Å². The first kappa shape index (κ1) is 14.4. The Hall–Kier alpha value is -2.58. The molecule has 22 heavy (non-hydrogen) atoms. The molecule has 0 radical (unpaired) electrons. The lowest BCUT2D eigenvalue weighted by atomic mass is 9.89. The molecule has 2 heterocycles. The molecule has 9 heteroatoms. The van der Waals surface area contributed by atoms with Crippen molar-refractivity contribution in [3.8, 4) is 0 Å². The monoisotopic (exact) mass is 309 g/mol. The number of rotatable bonds is 3. The van der Waals surface area contributed by atoms with Crippen molar-refractivity contribution < 1.29 is 18.7 Å². The number of nitrogens with zero attached hydrogens (tertiary/aromatic N) is 5. The van der Waals surface area contributed by atoms with Crippen molar-refractivity contribution in [1.29, 1.82) is 0 Å². The molecule has 0 aliphatic carbocycles. The first-order valence-electron chi connectivity index (χ1n) is 6.62. The lowest BCUT2D eigenvalue weighted by molar-refractivity contribution is -0.141. The minimum atomic E-state index is -1.02. The summed E-state index contributed by atoms with van der Waals surface area (Å²) in [5, 5.41) is 20.5. The molecular formula is C13H13F2N5O2. The van der Waals surface area contributed by atoms with Crippen molar-refractivity contribution in [2.45, 2.75) is 5.92 Å². The van der Waals surface area contributed by atoms with E-state index in [4.69, 9.17) is 0 Å². The number of aliphatic carboxylic acids is 1. The van der Waals surface area contributed by atoms with E-state index in [1.54, 1.807) is 11.9 Å². The van der Waals surface area contributed by atoms with Gasteiger partial charge in [-0.05, 0) is 28.1 Å². The predicted molar refractivity (Wildman–Crippen MR) is 71.2 cm³/mol. The van der Waals surface area contributed by atoms with E-state index < -0.39 is 29.4 Å². The van der Waals surface area contributed by atoms with Crippen molar-refractivity contribution >= 4 is 11.9 Å². The number of halogens is 2. The molecule has 1 aromatic carbocycles. The Balaban J connectivity index is 1.95. The zero-order valence-corrected chi connectivity index (χ0v) is 11.6. The highest BCUT2D eigenvalue weighted by Crippen LogP contribution is 2.35. The number of benzene rings is 1. The summed E-state index contributed by atoms with van der Waals surface area (Å²) in [5.74, 6) is -3.38. The van der Waals surface area contributed by atoms with Crippen molar-refractivity contribution in [1.82, 2.24) is 20.2 Å². The second kappa shape index (κ2) is 5.32. The number of aryl methyl sites for hydroxylation is 1. The Labute approximate surface area is 124 Å². The Bertz CT molecular complexity index is 700. The molecule has 0 saturated carbocycles. The second-order valence-electron chi connectivity index (χ2n) is 5.26. The molecule has 0 amide bonds. The van der Waals surface area contributed by atoms with Crippen LogP contribution in [-0.2, 0) is 11.8 Å². The zero-order chi connectivity index (χ0) is 15.9. The average Bonchev–Trinajstić information content (AvgIpc) is 3.03. The summed E-state index contributed by atoms with van der Waals surface area (Å²) in [4.78, 5) is 13.2. The van der Waals surface area contributed by atoms with E-state index in [2.05, 4.69) is 15.5 Å². The quantitative estimate of drug-likeness (QED) is 0.902. The van der Waals surface area contributed by atoms with Crippen LogP contribution in [0, 0.1) is 17.6 Å². The molecule has 1 N–H and O–H groups in total. The van der Waals surface area contributed by atoms with Gasteiger partial charge in [0, 0.05) is 32.1 Å². The van der Waals surface area contributed by atoms with Gasteiger partial charge in [-0.3, -0.25) is 4.79 Å². The maximum Gasteiger partial charge on any atom is 0.308 e. The van der Waals surface area contributed by atoms with Gasteiger partial charge in [-0.15, -0.1) is 0 Å². The van der Waals surface area contributed by atoms with E-state index in [0.29, 0.717) is 11.5 Å². The number of carboxylic acids is 1. The molecule has 0 unspecified atom stereocenters. The molecule has 1 fully saturated rings. The first-order chi connectivity index (χ1) is 10.5. The van der Waals surface area contributed by atoms with Gasteiger partial charge in [0.05, 0.1) is 5.92 Å². The number of carboxylic acid groups (broad SMARTS) is 1. The molecule has 1 aliphatic heterocycles. The number of tetrazole rings is 1. The van der Waals surface area contributed by atoms with Crippen LogP contribution < -0.4 is 4.90 Å². The summed E-state index contributed by atoms with van der Waals surface area (Å²) < 4.78 is 28.2. The SMILES string of the molecule is Cn1nnnc1N1C[C@H](C(=O)O)[C@@H](c2cc(F)cc(F)c2)C1. The van der Waals surface area contributed by atoms with Crippen LogP contribution >= 0.6 is 0 Å². The third kappa shape index (κ3) is 2.49. The number of anilines is 1. The first-order valence-corrected chi connectivity index (χ1v) is 6.62. The topological polar surface area (TPSA) is 84.1 Å². The fraction of sp³-hybridized carbons (Fsp3) is 0.385. The van der Waals surface area contributed by atoms with Crippen LogP contribution in [0.15, 0.2) is 18.2 Å². The molecule has 2 aromatic rings. The highest BCUT2D eigenvalue weighted by Gasteiger charge is 2.40. The zero-order valence-electron chi connectivity index (χ0n) is 11.6. The second-order valence-corrected chi connectivity index (χ2v) is 5.26. The molecule has 2 atom stereocenters. The molecule has 0 spiro atoms. The lowest BCUT2D eigenvalue weighted by Crippen LogP contribution is -2.25. The molecule has 1 aliphatic rings. The molecule has 3 rings (SSSR count). The number of hydrogen-bond acceptors (Lipinski definition) is 5. The summed E-state index contributed by atoms with van der Waals surface area (Å²) in [6.07, 6.45) is 0. The predicted octanol–water partition coefficient (Wildman–Crippen LogP) is 0.793. The van der Waals surface area contributed by atoms with Crippen LogP contribution in [0.2, 0.25) is 0 Å². The van der Waals surface area contributed by atoms with Crippen LogP contribution in [0.5, 0.6) is 0 Å². The third-order valence-corrected chi connectivity index (χ3v) is 3.83. The molecule has 7 nitrogen and oxygen atoms in total. The largest absolute Gasteiger partial charge is 0.481 e. The highest BCUT2D eigenvalue weighted by molar-refractivity contribution is 5.73. The summed E-state index contributed by atoms with van der Waals surface area (Å²) in [6.45, 7) is 0.445. The van der Waals surface area contributed by atoms with E-state index in [9.17, 15) is 18.7 Å². The van der Waals surface area contributed by atoms with Gasteiger partial charge in [0.2, 0.25) is 5.95 Å². The maximum atomic E-state index is 13.4. The highest BCUT2D eigenvalue weighted by atomic mass is 19.1. The van der Waals surface area contributed by atoms with E-state index in [0.717, 1.165) is 6.07 Å². The summed E-state index contributed by atoms with van der Waals surface area (Å²) in [6, 6.07) is 3.10. The Morgan fingerprint density at radius 1 is 1.27 bits per heavy atom. The van der Waals surface area contributed by atoms with Crippen molar-refractivity contribution in [2.75, 3.05) is 18.0 Å². The van der Waals surface area contributed by atoms with Crippen LogP contribution in [0.3, 0.4) is 0 Å². The fourth-order valence-corrected chi connectivity index (χ4v) is 2.84. The Morgan fingerprint density at radius 3 is 2.50 bits per heavy atom. The van der Waals surface area contributed by atoms with E-state index in [1.807, 2.05) is 0 Å². The van der Waals surface area contributed by atoms with Crippen molar-refractivity contribution in [3.63, 3.8) is 0 Å².